The summed E-state index contributed by atoms with van der Waals surface area (Å²) in [4.78, 5) is 12.7. The molecule has 2 N–H and O–H groups in total. The van der Waals surface area contributed by atoms with Gasteiger partial charge in [-0.05, 0) is 23.8 Å². The van der Waals surface area contributed by atoms with E-state index in [9.17, 15) is 0 Å². The van der Waals surface area contributed by atoms with Gasteiger partial charge >= 0.3 is 0 Å². The van der Waals surface area contributed by atoms with E-state index in [1.807, 2.05) is 42.5 Å². The molecule has 4 rings (SSSR count). The SMILES string of the molecule is Nc1nccc(-c2oc3cccnc3c2-c2ccccc2)n1. The third-order valence-electron chi connectivity index (χ3n) is 3.42. The fourth-order valence-electron chi connectivity index (χ4n) is 2.48. The number of nitrogens with zero attached hydrogens (tertiary/aromatic N) is 3. The van der Waals surface area contributed by atoms with Crippen molar-refractivity contribution in [3.05, 3.63) is 60.9 Å². The molecule has 0 atom stereocenters. The molecule has 0 unspecified atom stereocenters. The molecule has 0 aliphatic rings. The number of aromatic nitrogens is 3. The summed E-state index contributed by atoms with van der Waals surface area (Å²) in [5.74, 6) is 0.860. The summed E-state index contributed by atoms with van der Waals surface area (Å²) < 4.78 is 5.99. The highest BCUT2D eigenvalue weighted by molar-refractivity contribution is 5.98. The van der Waals surface area contributed by atoms with Gasteiger partial charge in [-0.2, -0.15) is 0 Å². The first-order valence-electron chi connectivity index (χ1n) is 6.85. The Balaban J connectivity index is 2.06. The molecule has 4 aromatic rings. The number of pyridine rings is 1. The minimum absolute atomic E-state index is 0.213. The first-order valence-corrected chi connectivity index (χ1v) is 6.85. The Hall–Kier alpha value is -3.21. The van der Waals surface area contributed by atoms with Crippen molar-refractivity contribution in [3.8, 4) is 22.6 Å². The summed E-state index contributed by atoms with van der Waals surface area (Å²) in [5, 5.41) is 0. The van der Waals surface area contributed by atoms with Crippen LogP contribution < -0.4 is 5.73 Å². The van der Waals surface area contributed by atoms with Crippen LogP contribution in [0, 0.1) is 0 Å². The zero-order valence-corrected chi connectivity index (χ0v) is 11.6. The van der Waals surface area contributed by atoms with E-state index >= 15 is 0 Å². The molecule has 0 saturated heterocycles. The molecule has 0 radical (unpaired) electrons. The summed E-state index contributed by atoms with van der Waals surface area (Å²) in [7, 11) is 0. The molecule has 3 aromatic heterocycles. The lowest BCUT2D eigenvalue weighted by atomic mass is 10.0. The lowest BCUT2D eigenvalue weighted by Gasteiger charge is -2.03. The monoisotopic (exact) mass is 288 g/mol. The van der Waals surface area contributed by atoms with Gasteiger partial charge in [0.25, 0.3) is 0 Å². The van der Waals surface area contributed by atoms with Gasteiger partial charge in [-0.25, -0.2) is 9.97 Å². The van der Waals surface area contributed by atoms with Crippen LogP contribution in [0.15, 0.2) is 65.3 Å². The number of nitrogens with two attached hydrogens (primary N) is 1. The lowest BCUT2D eigenvalue weighted by Crippen LogP contribution is -1.95. The number of fused-ring (bicyclic) bond motifs is 1. The topological polar surface area (TPSA) is 77.8 Å². The van der Waals surface area contributed by atoms with Gasteiger partial charge in [0.15, 0.2) is 11.3 Å². The van der Waals surface area contributed by atoms with Crippen LogP contribution in [0.4, 0.5) is 5.95 Å². The summed E-state index contributed by atoms with van der Waals surface area (Å²) in [5.41, 5.74) is 9.80. The molecule has 5 nitrogen and oxygen atoms in total. The second-order valence-electron chi connectivity index (χ2n) is 4.82. The number of hydrogen-bond acceptors (Lipinski definition) is 5. The maximum atomic E-state index is 5.99. The molecular formula is C17H12N4O. The predicted molar refractivity (Wildman–Crippen MR) is 84.9 cm³/mol. The van der Waals surface area contributed by atoms with Gasteiger partial charge in [0.2, 0.25) is 5.95 Å². The van der Waals surface area contributed by atoms with E-state index in [4.69, 9.17) is 10.2 Å². The predicted octanol–water partition coefficient (Wildman–Crippen LogP) is 3.53. The van der Waals surface area contributed by atoms with E-state index in [0.29, 0.717) is 17.0 Å². The average molecular weight is 288 g/mol. The first kappa shape index (κ1) is 12.5. The van der Waals surface area contributed by atoms with Crippen LogP contribution in [0.5, 0.6) is 0 Å². The van der Waals surface area contributed by atoms with Crippen LogP contribution in [-0.4, -0.2) is 15.0 Å². The van der Waals surface area contributed by atoms with E-state index in [-0.39, 0.29) is 5.95 Å². The van der Waals surface area contributed by atoms with Gasteiger partial charge in [0, 0.05) is 12.4 Å². The van der Waals surface area contributed by atoms with Crippen molar-refractivity contribution in [3.63, 3.8) is 0 Å². The van der Waals surface area contributed by atoms with Crippen molar-refractivity contribution in [2.24, 2.45) is 0 Å². The Morgan fingerprint density at radius 2 is 1.73 bits per heavy atom. The molecule has 3 heterocycles. The van der Waals surface area contributed by atoms with Crippen LogP contribution in [0.1, 0.15) is 0 Å². The van der Waals surface area contributed by atoms with Gasteiger partial charge in [0.1, 0.15) is 11.2 Å². The Morgan fingerprint density at radius 3 is 2.55 bits per heavy atom. The van der Waals surface area contributed by atoms with Crippen molar-refractivity contribution in [2.45, 2.75) is 0 Å². The van der Waals surface area contributed by atoms with Crippen LogP contribution in [-0.2, 0) is 0 Å². The number of nitrogen functional groups attached to an aromatic ring is 1. The molecular weight excluding hydrogens is 276 g/mol. The van der Waals surface area contributed by atoms with Crippen molar-refractivity contribution in [2.75, 3.05) is 5.73 Å². The average Bonchev–Trinajstić information content (AvgIpc) is 2.95. The highest BCUT2D eigenvalue weighted by atomic mass is 16.3. The first-order chi connectivity index (χ1) is 10.8. The maximum Gasteiger partial charge on any atom is 0.220 e. The molecule has 0 aliphatic carbocycles. The van der Waals surface area contributed by atoms with Gasteiger partial charge in [-0.1, -0.05) is 30.3 Å². The van der Waals surface area contributed by atoms with Gasteiger partial charge in [-0.3, -0.25) is 4.98 Å². The zero-order chi connectivity index (χ0) is 14.9. The summed E-state index contributed by atoms with van der Waals surface area (Å²) >= 11 is 0. The van der Waals surface area contributed by atoms with Crippen LogP contribution in [0.3, 0.4) is 0 Å². The van der Waals surface area contributed by atoms with Crippen LogP contribution in [0.25, 0.3) is 33.7 Å². The molecule has 0 bridgehead atoms. The Morgan fingerprint density at radius 1 is 0.864 bits per heavy atom. The summed E-state index contributed by atoms with van der Waals surface area (Å²) in [6.45, 7) is 0. The van der Waals surface area contributed by atoms with Crippen molar-refractivity contribution >= 4 is 17.0 Å². The van der Waals surface area contributed by atoms with Crippen molar-refractivity contribution < 1.29 is 4.42 Å². The lowest BCUT2D eigenvalue weighted by molar-refractivity contribution is 0.629. The van der Waals surface area contributed by atoms with Gasteiger partial charge in [0.05, 0.1) is 5.56 Å². The molecule has 0 amide bonds. The Labute approximate surface area is 126 Å². The van der Waals surface area contributed by atoms with Crippen molar-refractivity contribution in [1.82, 2.24) is 15.0 Å². The Bertz CT molecular complexity index is 947. The molecule has 0 spiro atoms. The largest absolute Gasteiger partial charge is 0.452 e. The molecule has 0 fully saturated rings. The molecule has 1 aromatic carbocycles. The third kappa shape index (κ3) is 2.00. The molecule has 0 saturated carbocycles. The zero-order valence-electron chi connectivity index (χ0n) is 11.6. The van der Waals surface area contributed by atoms with E-state index in [1.165, 1.54) is 0 Å². The Kier molecular flexibility index (Phi) is 2.83. The minimum Gasteiger partial charge on any atom is -0.452 e. The van der Waals surface area contributed by atoms with Crippen LogP contribution in [0.2, 0.25) is 0 Å². The number of benzene rings is 1. The highest BCUT2D eigenvalue weighted by Gasteiger charge is 2.19. The number of hydrogen-bond donors (Lipinski definition) is 1. The minimum atomic E-state index is 0.213. The van der Waals surface area contributed by atoms with E-state index in [2.05, 4.69) is 15.0 Å². The fourth-order valence-corrected chi connectivity index (χ4v) is 2.48. The molecule has 106 valence electrons. The molecule has 22 heavy (non-hydrogen) atoms. The normalized spacial score (nSPS) is 10.9. The highest BCUT2D eigenvalue weighted by Crippen LogP contribution is 2.38. The number of rotatable bonds is 2. The smallest absolute Gasteiger partial charge is 0.220 e. The standard InChI is InChI=1S/C17H12N4O/c18-17-20-10-8-12(21-17)16-14(11-5-2-1-3-6-11)15-13(22-16)7-4-9-19-15/h1-10H,(H2,18,20,21). The van der Waals surface area contributed by atoms with Gasteiger partial charge < -0.3 is 10.2 Å². The third-order valence-corrected chi connectivity index (χ3v) is 3.42. The van der Waals surface area contributed by atoms with Crippen LogP contribution >= 0.6 is 0 Å². The second kappa shape index (κ2) is 4.96. The number of furan rings is 1. The summed E-state index contributed by atoms with van der Waals surface area (Å²) in [6, 6.07) is 15.5. The fraction of sp³-hybridized carbons (Fsp3) is 0. The second-order valence-corrected chi connectivity index (χ2v) is 4.82. The van der Waals surface area contributed by atoms with E-state index < -0.39 is 0 Å². The molecule has 5 heteroatoms. The van der Waals surface area contributed by atoms with E-state index in [1.54, 1.807) is 18.5 Å². The number of anilines is 1. The summed E-state index contributed by atoms with van der Waals surface area (Å²) in [6.07, 6.45) is 3.37. The van der Waals surface area contributed by atoms with Crippen molar-refractivity contribution in [1.29, 1.82) is 0 Å². The molecule has 0 aliphatic heterocycles. The van der Waals surface area contributed by atoms with Gasteiger partial charge in [-0.15, -0.1) is 0 Å². The van der Waals surface area contributed by atoms with E-state index in [0.717, 1.165) is 16.6 Å². The maximum absolute atomic E-state index is 5.99. The quantitative estimate of drug-likeness (QED) is 0.610.